The zero-order chi connectivity index (χ0) is 19.4. The van der Waals surface area contributed by atoms with Gasteiger partial charge >= 0.3 is 0 Å². The highest BCUT2D eigenvalue weighted by Crippen LogP contribution is 2.21. The van der Waals surface area contributed by atoms with Gasteiger partial charge in [0, 0.05) is 37.2 Å². The summed E-state index contributed by atoms with van der Waals surface area (Å²) in [5.41, 5.74) is 1.71. The number of sulfonamides is 1. The standard InChI is InChI=1S/C20H20N4O3S/c25-28(26,16-11-17-7-3-1-4-8-17)24-14-12-23(13-15-24)20-21-19(27-22-20)18-9-5-2-6-10-18/h1-11,16H,12-15H2/b16-11+. The number of hydrogen-bond acceptors (Lipinski definition) is 6. The van der Waals surface area contributed by atoms with E-state index in [1.807, 2.05) is 65.6 Å². The van der Waals surface area contributed by atoms with Gasteiger partial charge in [-0.2, -0.15) is 9.29 Å². The molecule has 144 valence electrons. The largest absolute Gasteiger partial charge is 0.336 e. The average molecular weight is 396 g/mol. The molecular formula is C20H20N4O3S. The van der Waals surface area contributed by atoms with E-state index in [9.17, 15) is 8.42 Å². The summed E-state index contributed by atoms with van der Waals surface area (Å²) in [6.07, 6.45) is 1.62. The Morgan fingerprint density at radius 3 is 2.21 bits per heavy atom. The maximum atomic E-state index is 12.6. The Bertz CT molecular complexity index is 1040. The molecule has 7 nitrogen and oxygen atoms in total. The van der Waals surface area contributed by atoms with Gasteiger partial charge in [-0.1, -0.05) is 48.5 Å². The molecule has 4 rings (SSSR count). The summed E-state index contributed by atoms with van der Waals surface area (Å²) in [5, 5.41) is 5.30. The quantitative estimate of drug-likeness (QED) is 0.660. The third-order valence-corrected chi connectivity index (χ3v) is 6.11. The second-order valence-electron chi connectivity index (χ2n) is 6.41. The lowest BCUT2D eigenvalue weighted by molar-refractivity contribution is 0.381. The number of piperazine rings is 1. The van der Waals surface area contributed by atoms with Gasteiger partial charge in [-0.05, 0) is 28.9 Å². The maximum absolute atomic E-state index is 12.6. The predicted octanol–water partition coefficient (Wildman–Crippen LogP) is 2.86. The van der Waals surface area contributed by atoms with Crippen LogP contribution >= 0.6 is 0 Å². The maximum Gasteiger partial charge on any atom is 0.266 e. The number of aromatic nitrogens is 2. The third kappa shape index (κ3) is 4.13. The van der Waals surface area contributed by atoms with Gasteiger partial charge in [-0.15, -0.1) is 0 Å². The summed E-state index contributed by atoms with van der Waals surface area (Å²) in [6.45, 7) is 1.76. The van der Waals surface area contributed by atoms with Gasteiger partial charge in [0.2, 0.25) is 10.0 Å². The second kappa shape index (κ2) is 7.95. The Kier molecular flexibility index (Phi) is 5.23. The molecule has 0 N–H and O–H groups in total. The van der Waals surface area contributed by atoms with Crippen molar-refractivity contribution in [1.29, 1.82) is 0 Å². The molecule has 0 atom stereocenters. The molecule has 1 saturated heterocycles. The van der Waals surface area contributed by atoms with Gasteiger partial charge < -0.3 is 9.42 Å². The van der Waals surface area contributed by atoms with Gasteiger partial charge in [-0.3, -0.25) is 0 Å². The first-order valence-corrected chi connectivity index (χ1v) is 10.5. The molecule has 0 aliphatic carbocycles. The Labute approximate surface area is 164 Å². The fourth-order valence-electron chi connectivity index (χ4n) is 3.00. The molecule has 0 spiro atoms. The van der Waals surface area contributed by atoms with Crippen molar-refractivity contribution in [2.75, 3.05) is 31.1 Å². The molecule has 1 fully saturated rings. The monoisotopic (exact) mass is 396 g/mol. The summed E-state index contributed by atoms with van der Waals surface area (Å²) < 4.78 is 31.9. The molecule has 0 amide bonds. The molecule has 3 aromatic rings. The molecule has 0 bridgehead atoms. The summed E-state index contributed by atoms with van der Waals surface area (Å²) in [6, 6.07) is 18.9. The van der Waals surface area contributed by atoms with E-state index in [0.717, 1.165) is 11.1 Å². The van der Waals surface area contributed by atoms with E-state index in [1.165, 1.54) is 9.71 Å². The van der Waals surface area contributed by atoms with Crippen LogP contribution in [0.3, 0.4) is 0 Å². The van der Waals surface area contributed by atoms with Gasteiger partial charge in [0.15, 0.2) is 0 Å². The van der Waals surface area contributed by atoms with E-state index in [2.05, 4.69) is 10.1 Å². The van der Waals surface area contributed by atoms with Crippen LogP contribution in [0.2, 0.25) is 0 Å². The molecule has 2 heterocycles. The van der Waals surface area contributed by atoms with Crippen LogP contribution in [0.5, 0.6) is 0 Å². The van der Waals surface area contributed by atoms with Gasteiger partial charge in [-0.25, -0.2) is 8.42 Å². The Morgan fingerprint density at radius 1 is 0.893 bits per heavy atom. The van der Waals surface area contributed by atoms with E-state index in [1.54, 1.807) is 6.08 Å². The molecule has 1 aromatic heterocycles. The molecule has 0 saturated carbocycles. The first-order valence-electron chi connectivity index (χ1n) is 8.99. The highest BCUT2D eigenvalue weighted by molar-refractivity contribution is 7.92. The van der Waals surface area contributed by atoms with Crippen molar-refractivity contribution in [2.24, 2.45) is 0 Å². The van der Waals surface area contributed by atoms with E-state index in [4.69, 9.17) is 4.52 Å². The first kappa shape index (κ1) is 18.4. The van der Waals surface area contributed by atoms with Gasteiger partial charge in [0.05, 0.1) is 0 Å². The number of benzene rings is 2. The summed E-state index contributed by atoms with van der Waals surface area (Å²) >= 11 is 0. The van der Waals surface area contributed by atoms with Crippen molar-refractivity contribution in [3.8, 4) is 11.5 Å². The fraction of sp³-hybridized carbons (Fsp3) is 0.200. The summed E-state index contributed by atoms with van der Waals surface area (Å²) in [7, 11) is -3.46. The molecule has 1 aliphatic rings. The smallest absolute Gasteiger partial charge is 0.266 e. The van der Waals surface area contributed by atoms with Crippen molar-refractivity contribution >= 4 is 22.0 Å². The van der Waals surface area contributed by atoms with Crippen molar-refractivity contribution in [3.63, 3.8) is 0 Å². The molecule has 1 aliphatic heterocycles. The molecule has 8 heteroatoms. The lowest BCUT2D eigenvalue weighted by atomic mass is 10.2. The molecular weight excluding hydrogens is 376 g/mol. The van der Waals surface area contributed by atoms with Crippen LogP contribution < -0.4 is 4.90 Å². The minimum Gasteiger partial charge on any atom is -0.336 e. The fourth-order valence-corrected chi connectivity index (χ4v) is 4.17. The predicted molar refractivity (Wildman–Crippen MR) is 108 cm³/mol. The van der Waals surface area contributed by atoms with E-state index < -0.39 is 10.0 Å². The Hall–Kier alpha value is -2.97. The van der Waals surface area contributed by atoms with Gasteiger partial charge in [0.25, 0.3) is 11.8 Å². The highest BCUT2D eigenvalue weighted by atomic mass is 32.2. The van der Waals surface area contributed by atoms with E-state index in [-0.39, 0.29) is 0 Å². The lowest BCUT2D eigenvalue weighted by Gasteiger charge is -2.32. The van der Waals surface area contributed by atoms with E-state index in [0.29, 0.717) is 38.0 Å². The topological polar surface area (TPSA) is 79.5 Å². The summed E-state index contributed by atoms with van der Waals surface area (Å²) in [4.78, 5) is 6.37. The molecule has 0 radical (unpaired) electrons. The number of rotatable bonds is 5. The van der Waals surface area contributed by atoms with Crippen LogP contribution in [0.4, 0.5) is 5.95 Å². The van der Waals surface area contributed by atoms with Crippen LogP contribution in [-0.2, 0) is 10.0 Å². The second-order valence-corrected chi connectivity index (χ2v) is 8.23. The van der Waals surface area contributed by atoms with Crippen LogP contribution in [-0.4, -0.2) is 49.0 Å². The SMILES string of the molecule is O=S(=O)(/C=C/c1ccccc1)N1CCN(c2noc(-c3ccccc3)n2)CC1. The zero-order valence-electron chi connectivity index (χ0n) is 15.2. The first-order chi connectivity index (χ1) is 13.6. The average Bonchev–Trinajstić information content (AvgIpc) is 3.24. The Morgan fingerprint density at radius 2 is 1.54 bits per heavy atom. The van der Waals surface area contributed by atoms with Crippen LogP contribution in [0.25, 0.3) is 17.5 Å². The number of anilines is 1. The normalized spacial score (nSPS) is 15.9. The van der Waals surface area contributed by atoms with E-state index >= 15 is 0 Å². The minimum atomic E-state index is -3.46. The van der Waals surface area contributed by atoms with Crippen molar-refractivity contribution in [3.05, 3.63) is 71.6 Å². The highest BCUT2D eigenvalue weighted by Gasteiger charge is 2.27. The third-order valence-electron chi connectivity index (χ3n) is 4.55. The molecule has 0 unspecified atom stereocenters. The van der Waals surface area contributed by atoms with Crippen LogP contribution in [0, 0.1) is 0 Å². The van der Waals surface area contributed by atoms with Crippen LogP contribution in [0.1, 0.15) is 5.56 Å². The zero-order valence-corrected chi connectivity index (χ0v) is 16.0. The van der Waals surface area contributed by atoms with Gasteiger partial charge in [0.1, 0.15) is 0 Å². The number of hydrogen-bond donors (Lipinski definition) is 0. The molecule has 28 heavy (non-hydrogen) atoms. The van der Waals surface area contributed by atoms with Crippen molar-refractivity contribution in [2.45, 2.75) is 0 Å². The lowest BCUT2D eigenvalue weighted by Crippen LogP contribution is -2.48. The molecule has 2 aromatic carbocycles. The summed E-state index contributed by atoms with van der Waals surface area (Å²) in [5.74, 6) is 0.937. The van der Waals surface area contributed by atoms with Crippen LogP contribution in [0.15, 0.2) is 70.6 Å². The van der Waals surface area contributed by atoms with Crippen molar-refractivity contribution in [1.82, 2.24) is 14.4 Å². The van der Waals surface area contributed by atoms with Crippen molar-refractivity contribution < 1.29 is 12.9 Å². The number of nitrogens with zero attached hydrogens (tertiary/aromatic N) is 4. The minimum absolute atomic E-state index is 0.372. The Balaban J connectivity index is 1.39.